The normalized spacial score (nSPS) is 10.5. The lowest BCUT2D eigenvalue weighted by Gasteiger charge is -2.10. The van der Waals surface area contributed by atoms with Gasteiger partial charge in [-0.3, -0.25) is 19.5 Å². The van der Waals surface area contributed by atoms with Crippen molar-refractivity contribution >= 4 is 29.0 Å². The fraction of sp³-hybridized carbons (Fsp3) is 0.227. The molecule has 3 rings (SSSR count). The number of carbonyl (C=O) groups excluding carboxylic acids is 1. The van der Waals surface area contributed by atoms with E-state index in [1.54, 1.807) is 50.4 Å². The van der Waals surface area contributed by atoms with Gasteiger partial charge in [0.25, 0.3) is 5.69 Å². The van der Waals surface area contributed by atoms with E-state index in [1.165, 1.54) is 23.9 Å². The quantitative estimate of drug-likeness (QED) is 0.194. The summed E-state index contributed by atoms with van der Waals surface area (Å²) in [4.78, 5) is 22.9. The molecule has 1 heterocycles. The molecule has 0 spiro atoms. The number of methoxy groups -OCH3 is 1. The second kappa shape index (κ2) is 11.1. The van der Waals surface area contributed by atoms with E-state index in [1.807, 2.05) is 4.57 Å². The smallest absolute Gasteiger partial charge is 0.271 e. The van der Waals surface area contributed by atoms with Crippen LogP contribution in [0.2, 0.25) is 0 Å². The predicted octanol–water partition coefficient (Wildman–Crippen LogP) is 4.00. The van der Waals surface area contributed by atoms with E-state index in [4.69, 9.17) is 9.47 Å². The summed E-state index contributed by atoms with van der Waals surface area (Å²) in [6, 6.07) is 11.5. The van der Waals surface area contributed by atoms with Crippen LogP contribution in [0.25, 0.3) is 0 Å². The van der Waals surface area contributed by atoms with Gasteiger partial charge in [-0.15, -0.1) is 16.8 Å². The van der Waals surface area contributed by atoms with E-state index in [-0.39, 0.29) is 24.0 Å². The number of nitrogens with one attached hydrogen (secondary N) is 1. The number of aryl methyl sites for hydroxylation is 1. The van der Waals surface area contributed by atoms with Crippen LogP contribution in [-0.2, 0) is 17.9 Å². The third kappa shape index (κ3) is 6.32. The molecular formula is C22H23N5O5S. The fourth-order valence-corrected chi connectivity index (χ4v) is 3.61. The number of benzene rings is 2. The number of amides is 1. The maximum Gasteiger partial charge on any atom is 0.271 e. The summed E-state index contributed by atoms with van der Waals surface area (Å²) in [6.45, 7) is 6.16. The fourth-order valence-electron chi connectivity index (χ4n) is 2.84. The van der Waals surface area contributed by atoms with Crippen molar-refractivity contribution in [2.75, 3.05) is 18.2 Å². The van der Waals surface area contributed by atoms with Gasteiger partial charge in [-0.25, -0.2) is 0 Å². The molecular weight excluding hydrogens is 446 g/mol. The SMILES string of the molecule is C=CCn1c(COc2ccc(OC)cc2)nnc1SCC(=O)Nc1cc([N+](=O)[O-])ccc1C. The number of anilines is 1. The van der Waals surface area contributed by atoms with Gasteiger partial charge in [0.2, 0.25) is 5.91 Å². The topological polar surface area (TPSA) is 121 Å². The average Bonchev–Trinajstić information content (AvgIpc) is 3.19. The van der Waals surface area contributed by atoms with Crippen LogP contribution in [0.4, 0.5) is 11.4 Å². The van der Waals surface area contributed by atoms with Crippen LogP contribution in [0.15, 0.2) is 60.3 Å². The number of nitro groups is 1. The Morgan fingerprint density at radius 2 is 1.97 bits per heavy atom. The number of nitrogens with zero attached hydrogens (tertiary/aromatic N) is 4. The van der Waals surface area contributed by atoms with Gasteiger partial charge in [0.05, 0.1) is 23.5 Å². The van der Waals surface area contributed by atoms with Gasteiger partial charge < -0.3 is 14.8 Å². The molecule has 0 saturated heterocycles. The molecule has 0 fully saturated rings. The van der Waals surface area contributed by atoms with Crippen LogP contribution in [0.1, 0.15) is 11.4 Å². The lowest BCUT2D eigenvalue weighted by molar-refractivity contribution is -0.384. The van der Waals surface area contributed by atoms with Gasteiger partial charge >= 0.3 is 0 Å². The van der Waals surface area contributed by atoms with Gasteiger partial charge in [0, 0.05) is 18.7 Å². The maximum absolute atomic E-state index is 12.4. The zero-order chi connectivity index (χ0) is 23.8. The standard InChI is InChI=1S/C22H23N5O5S/c1-4-11-26-20(13-32-18-9-7-17(31-3)8-10-18)24-25-22(26)33-14-21(28)23-19-12-16(27(29)30)6-5-15(19)2/h4-10,12H,1,11,13-14H2,2-3H3,(H,23,28). The monoisotopic (exact) mass is 469 g/mol. The Bertz CT molecular complexity index is 1150. The first kappa shape index (κ1) is 23.8. The van der Waals surface area contributed by atoms with E-state index < -0.39 is 4.92 Å². The van der Waals surface area contributed by atoms with Gasteiger partial charge in [0.15, 0.2) is 11.0 Å². The highest BCUT2D eigenvalue weighted by Gasteiger charge is 2.16. The molecule has 0 aliphatic rings. The molecule has 1 amide bonds. The molecule has 2 aromatic carbocycles. The van der Waals surface area contributed by atoms with Crippen molar-refractivity contribution in [3.63, 3.8) is 0 Å². The van der Waals surface area contributed by atoms with Gasteiger partial charge in [-0.05, 0) is 36.8 Å². The third-order valence-corrected chi connectivity index (χ3v) is 5.54. The number of hydrogen-bond donors (Lipinski definition) is 1. The molecule has 0 radical (unpaired) electrons. The first-order valence-corrected chi connectivity index (χ1v) is 10.9. The molecule has 3 aromatic rings. The van der Waals surface area contributed by atoms with Gasteiger partial charge in [0.1, 0.15) is 18.1 Å². The molecule has 11 heteroatoms. The number of hydrogen-bond acceptors (Lipinski definition) is 8. The number of rotatable bonds is 11. The second-order valence-electron chi connectivity index (χ2n) is 6.86. The maximum atomic E-state index is 12.4. The van der Waals surface area contributed by atoms with E-state index in [2.05, 4.69) is 22.1 Å². The molecule has 1 N–H and O–H groups in total. The Hall–Kier alpha value is -3.86. The third-order valence-electron chi connectivity index (χ3n) is 4.57. The highest BCUT2D eigenvalue weighted by atomic mass is 32.2. The highest BCUT2D eigenvalue weighted by Crippen LogP contribution is 2.24. The Morgan fingerprint density at radius 3 is 2.64 bits per heavy atom. The molecule has 0 aliphatic heterocycles. The van der Waals surface area contributed by atoms with Crippen LogP contribution in [-0.4, -0.2) is 38.5 Å². The largest absolute Gasteiger partial charge is 0.497 e. The molecule has 33 heavy (non-hydrogen) atoms. The molecule has 0 unspecified atom stereocenters. The number of thioether (sulfide) groups is 1. The molecule has 0 saturated carbocycles. The van der Waals surface area contributed by atoms with Crippen molar-refractivity contribution in [2.45, 2.75) is 25.2 Å². The summed E-state index contributed by atoms with van der Waals surface area (Å²) >= 11 is 1.20. The van der Waals surface area contributed by atoms with Crippen molar-refractivity contribution in [1.82, 2.24) is 14.8 Å². The minimum Gasteiger partial charge on any atom is -0.497 e. The zero-order valence-electron chi connectivity index (χ0n) is 18.2. The summed E-state index contributed by atoms with van der Waals surface area (Å²) in [7, 11) is 1.60. The van der Waals surface area contributed by atoms with Gasteiger partial charge in [-0.2, -0.15) is 0 Å². The van der Waals surface area contributed by atoms with E-state index >= 15 is 0 Å². The van der Waals surface area contributed by atoms with E-state index in [0.29, 0.717) is 29.0 Å². The Balaban J connectivity index is 1.63. The Labute approximate surface area is 194 Å². The van der Waals surface area contributed by atoms with Crippen molar-refractivity contribution < 1.29 is 19.2 Å². The number of nitro benzene ring substituents is 1. The van der Waals surface area contributed by atoms with Crippen LogP contribution >= 0.6 is 11.8 Å². The minimum absolute atomic E-state index is 0.0523. The lowest BCUT2D eigenvalue weighted by Crippen LogP contribution is -2.16. The van der Waals surface area contributed by atoms with Crippen LogP contribution in [0, 0.1) is 17.0 Å². The zero-order valence-corrected chi connectivity index (χ0v) is 19.0. The molecule has 10 nitrogen and oxygen atoms in total. The second-order valence-corrected chi connectivity index (χ2v) is 7.80. The molecule has 0 bridgehead atoms. The summed E-state index contributed by atoms with van der Waals surface area (Å²) in [5.41, 5.74) is 1.04. The minimum atomic E-state index is -0.503. The number of carbonyl (C=O) groups is 1. The summed E-state index contributed by atoms with van der Waals surface area (Å²) in [6.07, 6.45) is 1.71. The molecule has 1 aromatic heterocycles. The van der Waals surface area contributed by atoms with Crippen molar-refractivity contribution in [3.05, 3.63) is 76.6 Å². The summed E-state index contributed by atoms with van der Waals surface area (Å²) in [5.74, 6) is 1.71. The van der Waals surface area contributed by atoms with Crippen molar-refractivity contribution in [3.8, 4) is 11.5 Å². The Kier molecular flexibility index (Phi) is 8.03. The molecule has 172 valence electrons. The van der Waals surface area contributed by atoms with Crippen LogP contribution in [0.5, 0.6) is 11.5 Å². The Morgan fingerprint density at radius 1 is 1.24 bits per heavy atom. The summed E-state index contributed by atoms with van der Waals surface area (Å²) < 4.78 is 12.7. The van der Waals surface area contributed by atoms with Crippen molar-refractivity contribution in [2.24, 2.45) is 0 Å². The van der Waals surface area contributed by atoms with Crippen molar-refractivity contribution in [1.29, 1.82) is 0 Å². The predicted molar refractivity (Wildman–Crippen MR) is 125 cm³/mol. The average molecular weight is 470 g/mol. The van der Waals surface area contributed by atoms with Gasteiger partial charge in [-0.1, -0.05) is 23.9 Å². The molecule has 0 atom stereocenters. The van der Waals surface area contributed by atoms with Crippen LogP contribution in [0.3, 0.4) is 0 Å². The van der Waals surface area contributed by atoms with E-state index in [9.17, 15) is 14.9 Å². The summed E-state index contributed by atoms with van der Waals surface area (Å²) in [5, 5.41) is 22.6. The van der Waals surface area contributed by atoms with E-state index in [0.717, 1.165) is 11.3 Å². The first-order chi connectivity index (χ1) is 15.9. The number of allylic oxidation sites excluding steroid dienone is 1. The highest BCUT2D eigenvalue weighted by molar-refractivity contribution is 7.99. The number of ether oxygens (including phenoxy) is 2. The lowest BCUT2D eigenvalue weighted by atomic mass is 10.2. The number of non-ortho nitro benzene ring substituents is 1. The van der Waals surface area contributed by atoms with Crippen LogP contribution < -0.4 is 14.8 Å². The molecule has 0 aliphatic carbocycles. The number of aromatic nitrogens is 3. The first-order valence-electron chi connectivity index (χ1n) is 9.88.